The molecule has 0 spiro atoms. The second-order valence-electron chi connectivity index (χ2n) is 5.42. The number of thiophene rings is 1. The summed E-state index contributed by atoms with van der Waals surface area (Å²) in [6.45, 7) is 4.66. The molecule has 0 aliphatic carbocycles. The van der Waals surface area contributed by atoms with Gasteiger partial charge in [0.05, 0.1) is 6.04 Å². The lowest BCUT2D eigenvalue weighted by Gasteiger charge is -2.29. The van der Waals surface area contributed by atoms with Crippen LogP contribution in [0.2, 0.25) is 0 Å². The zero-order valence-electron chi connectivity index (χ0n) is 12.4. The third-order valence-corrected chi connectivity index (χ3v) is 4.94. The van der Waals surface area contributed by atoms with Crippen LogP contribution in [0, 0.1) is 0 Å². The molecule has 3 heterocycles. The van der Waals surface area contributed by atoms with E-state index in [-0.39, 0.29) is 11.9 Å². The Morgan fingerprint density at radius 3 is 3.14 bits per heavy atom. The summed E-state index contributed by atoms with van der Waals surface area (Å²) in [5.74, 6) is 0.899. The molecule has 1 amide bonds. The molecule has 0 radical (unpaired) electrons. The number of rotatable bonds is 4. The molecule has 0 bridgehead atoms. The molecule has 1 N–H and O–H groups in total. The Balaban J connectivity index is 1.62. The standard InChI is InChI=1S/C15H20N4OS/c1-11-14-17-13(10-19(14)8-7-18(11)2)15(20)16-6-5-12-4-3-9-21-12/h3-4,9-11H,5-8H2,1-2H3,(H,16,20)/t11-/m1/s1. The topological polar surface area (TPSA) is 50.2 Å². The van der Waals surface area contributed by atoms with Gasteiger partial charge in [0.15, 0.2) is 0 Å². The van der Waals surface area contributed by atoms with Crippen molar-refractivity contribution in [3.8, 4) is 0 Å². The Morgan fingerprint density at radius 2 is 2.38 bits per heavy atom. The minimum absolute atomic E-state index is 0.0803. The second kappa shape index (κ2) is 5.99. The third kappa shape index (κ3) is 3.01. The first-order valence-electron chi connectivity index (χ1n) is 7.23. The number of imidazole rings is 1. The molecule has 1 aliphatic heterocycles. The Kier molecular flexibility index (Phi) is 4.07. The molecule has 0 saturated heterocycles. The summed E-state index contributed by atoms with van der Waals surface area (Å²) in [7, 11) is 2.09. The first-order valence-corrected chi connectivity index (χ1v) is 8.11. The summed E-state index contributed by atoms with van der Waals surface area (Å²) in [6, 6.07) is 4.37. The van der Waals surface area contributed by atoms with Gasteiger partial charge in [0.2, 0.25) is 0 Å². The van der Waals surface area contributed by atoms with Crippen molar-refractivity contribution in [1.82, 2.24) is 19.8 Å². The van der Waals surface area contributed by atoms with Crippen LogP contribution in [0.5, 0.6) is 0 Å². The van der Waals surface area contributed by atoms with Gasteiger partial charge in [0, 0.05) is 30.7 Å². The predicted molar refractivity (Wildman–Crippen MR) is 83.6 cm³/mol. The fraction of sp³-hybridized carbons (Fsp3) is 0.467. The van der Waals surface area contributed by atoms with Crippen LogP contribution < -0.4 is 5.32 Å². The van der Waals surface area contributed by atoms with Crippen LogP contribution in [0.4, 0.5) is 0 Å². The van der Waals surface area contributed by atoms with Gasteiger partial charge in [-0.2, -0.15) is 0 Å². The first kappa shape index (κ1) is 14.3. The first-order chi connectivity index (χ1) is 10.1. The van der Waals surface area contributed by atoms with E-state index in [1.54, 1.807) is 11.3 Å². The van der Waals surface area contributed by atoms with Gasteiger partial charge >= 0.3 is 0 Å². The second-order valence-corrected chi connectivity index (χ2v) is 6.45. The number of nitrogens with zero attached hydrogens (tertiary/aromatic N) is 3. The molecule has 2 aromatic rings. The molecule has 0 aromatic carbocycles. The maximum absolute atomic E-state index is 12.2. The zero-order chi connectivity index (χ0) is 14.8. The number of hydrogen-bond acceptors (Lipinski definition) is 4. The average molecular weight is 304 g/mol. The van der Waals surface area contributed by atoms with E-state index in [9.17, 15) is 4.79 Å². The Bertz CT molecular complexity index is 620. The van der Waals surface area contributed by atoms with E-state index in [1.165, 1.54) is 4.88 Å². The molecule has 2 aromatic heterocycles. The van der Waals surface area contributed by atoms with Gasteiger partial charge in [-0.05, 0) is 31.8 Å². The molecule has 3 rings (SSSR count). The summed E-state index contributed by atoms with van der Waals surface area (Å²) in [6.07, 6.45) is 2.75. The lowest BCUT2D eigenvalue weighted by atomic mass is 10.2. The summed E-state index contributed by atoms with van der Waals surface area (Å²) < 4.78 is 2.10. The van der Waals surface area contributed by atoms with Gasteiger partial charge in [-0.3, -0.25) is 9.69 Å². The van der Waals surface area contributed by atoms with E-state index < -0.39 is 0 Å². The molecule has 0 saturated carbocycles. The van der Waals surface area contributed by atoms with E-state index >= 15 is 0 Å². The van der Waals surface area contributed by atoms with Crippen molar-refractivity contribution in [1.29, 1.82) is 0 Å². The van der Waals surface area contributed by atoms with Gasteiger partial charge in [-0.1, -0.05) is 6.07 Å². The molecular formula is C15H20N4OS. The number of aromatic nitrogens is 2. The molecule has 5 nitrogen and oxygen atoms in total. The van der Waals surface area contributed by atoms with Crippen molar-refractivity contribution in [3.05, 3.63) is 40.1 Å². The predicted octanol–water partition coefficient (Wildman–Crippen LogP) is 1.92. The number of nitrogens with one attached hydrogen (secondary N) is 1. The van der Waals surface area contributed by atoms with Crippen LogP contribution in [0.25, 0.3) is 0 Å². The van der Waals surface area contributed by atoms with Gasteiger partial charge in [-0.25, -0.2) is 4.98 Å². The van der Waals surface area contributed by atoms with Crippen LogP contribution in [0.3, 0.4) is 0 Å². The molecule has 1 atom stereocenters. The van der Waals surface area contributed by atoms with Crippen molar-refractivity contribution in [2.45, 2.75) is 25.9 Å². The lowest BCUT2D eigenvalue weighted by molar-refractivity contribution is 0.0949. The van der Waals surface area contributed by atoms with Crippen molar-refractivity contribution in [3.63, 3.8) is 0 Å². The number of carbonyl (C=O) groups is 1. The molecule has 1 aliphatic rings. The van der Waals surface area contributed by atoms with Crippen molar-refractivity contribution in [2.75, 3.05) is 20.1 Å². The molecule has 112 valence electrons. The number of amides is 1. The molecule has 0 unspecified atom stereocenters. The van der Waals surface area contributed by atoms with Gasteiger partial charge in [-0.15, -0.1) is 11.3 Å². The average Bonchev–Trinajstić information content (AvgIpc) is 3.12. The van der Waals surface area contributed by atoms with Gasteiger partial charge < -0.3 is 9.88 Å². The highest BCUT2D eigenvalue weighted by atomic mass is 32.1. The maximum Gasteiger partial charge on any atom is 0.271 e. The van der Waals surface area contributed by atoms with E-state index in [1.807, 2.05) is 12.3 Å². The minimum Gasteiger partial charge on any atom is -0.350 e. The van der Waals surface area contributed by atoms with Crippen LogP contribution in [-0.2, 0) is 13.0 Å². The van der Waals surface area contributed by atoms with E-state index in [2.05, 4.69) is 45.2 Å². The number of fused-ring (bicyclic) bond motifs is 1. The highest BCUT2D eigenvalue weighted by Gasteiger charge is 2.24. The molecular weight excluding hydrogens is 284 g/mol. The number of carbonyl (C=O) groups excluding carboxylic acids is 1. The molecule has 0 fully saturated rings. The molecule has 21 heavy (non-hydrogen) atoms. The monoisotopic (exact) mass is 304 g/mol. The van der Waals surface area contributed by atoms with Crippen LogP contribution in [0.15, 0.2) is 23.7 Å². The van der Waals surface area contributed by atoms with Gasteiger partial charge in [0.25, 0.3) is 5.91 Å². The molecule has 6 heteroatoms. The van der Waals surface area contributed by atoms with Crippen molar-refractivity contribution < 1.29 is 4.79 Å². The number of likely N-dealkylation sites (N-methyl/N-ethyl adjacent to an activating group) is 1. The maximum atomic E-state index is 12.2. The Hall–Kier alpha value is -1.66. The van der Waals surface area contributed by atoms with E-state index in [0.717, 1.165) is 25.3 Å². The van der Waals surface area contributed by atoms with Crippen LogP contribution in [0.1, 0.15) is 34.2 Å². The quantitative estimate of drug-likeness (QED) is 0.939. The van der Waals surface area contributed by atoms with E-state index in [0.29, 0.717) is 12.2 Å². The smallest absolute Gasteiger partial charge is 0.271 e. The third-order valence-electron chi connectivity index (χ3n) is 4.01. The Morgan fingerprint density at radius 1 is 1.52 bits per heavy atom. The van der Waals surface area contributed by atoms with E-state index in [4.69, 9.17) is 0 Å². The largest absolute Gasteiger partial charge is 0.350 e. The summed E-state index contributed by atoms with van der Waals surface area (Å²) >= 11 is 1.72. The van der Waals surface area contributed by atoms with Crippen LogP contribution >= 0.6 is 11.3 Å². The van der Waals surface area contributed by atoms with Crippen LogP contribution in [-0.4, -0.2) is 40.5 Å². The number of hydrogen-bond donors (Lipinski definition) is 1. The van der Waals surface area contributed by atoms with Crippen molar-refractivity contribution >= 4 is 17.2 Å². The lowest BCUT2D eigenvalue weighted by Crippen LogP contribution is -2.33. The van der Waals surface area contributed by atoms with Crippen molar-refractivity contribution in [2.24, 2.45) is 0 Å². The highest BCUT2D eigenvalue weighted by molar-refractivity contribution is 7.09. The SMILES string of the molecule is C[C@@H]1c2nc(C(=O)NCCc3cccs3)cn2CCN1C. The summed E-state index contributed by atoms with van der Waals surface area (Å²) in [5.41, 5.74) is 0.526. The Labute approximate surface area is 128 Å². The normalized spacial score (nSPS) is 18.5. The fourth-order valence-electron chi connectivity index (χ4n) is 2.55. The fourth-order valence-corrected chi connectivity index (χ4v) is 3.26. The minimum atomic E-state index is -0.0803. The highest BCUT2D eigenvalue weighted by Crippen LogP contribution is 2.22. The van der Waals surface area contributed by atoms with Gasteiger partial charge in [0.1, 0.15) is 11.5 Å². The zero-order valence-corrected chi connectivity index (χ0v) is 13.2. The summed E-state index contributed by atoms with van der Waals surface area (Å²) in [5, 5.41) is 5.00. The summed E-state index contributed by atoms with van der Waals surface area (Å²) in [4.78, 5) is 20.2.